The Labute approximate surface area is 237 Å². The Kier molecular flexibility index (Phi) is 14.2. The summed E-state index contributed by atoms with van der Waals surface area (Å²) in [7, 11) is 0. The van der Waals surface area contributed by atoms with Gasteiger partial charge < -0.3 is 19.3 Å². The van der Waals surface area contributed by atoms with Gasteiger partial charge in [0, 0.05) is 0 Å². The van der Waals surface area contributed by atoms with Crippen LogP contribution in [0.5, 0.6) is 11.5 Å². The molecule has 0 bridgehead atoms. The van der Waals surface area contributed by atoms with Gasteiger partial charge in [0.05, 0.1) is 12.8 Å². The van der Waals surface area contributed by atoms with E-state index in [9.17, 15) is 9.59 Å². The molecule has 0 amide bonds. The molecular weight excluding hydrogens is 492 g/mol. The van der Waals surface area contributed by atoms with Gasteiger partial charge >= 0.3 is 11.9 Å². The van der Waals surface area contributed by atoms with Crippen molar-refractivity contribution in [2.24, 2.45) is 17.8 Å². The summed E-state index contributed by atoms with van der Waals surface area (Å²) in [4.78, 5) is 22.3. The van der Waals surface area contributed by atoms with Crippen LogP contribution >= 0.6 is 0 Å². The van der Waals surface area contributed by atoms with E-state index >= 15 is 0 Å². The van der Waals surface area contributed by atoms with Crippen molar-refractivity contribution in [3.05, 3.63) is 23.8 Å². The van der Waals surface area contributed by atoms with Crippen molar-refractivity contribution in [2.45, 2.75) is 137 Å². The standard InChI is InChI=1S/C33H54O6/c1-24(2)10-7-11-25(3)12-8-13-26(4)14-9-20-33(6)21-19-28-22-29(15-16-30(28)39-33)37-23-27(5)38-32(36)18-17-31(34)35/h15-16,22,24-27H,7-14,17-21,23H2,1-6H3,(H,34,35). The Morgan fingerprint density at radius 3 is 2.23 bits per heavy atom. The molecule has 1 aromatic carbocycles. The van der Waals surface area contributed by atoms with Crippen molar-refractivity contribution >= 4 is 11.9 Å². The number of hydrogen-bond acceptors (Lipinski definition) is 5. The third-order valence-electron chi connectivity index (χ3n) is 7.95. The first-order chi connectivity index (χ1) is 18.5. The summed E-state index contributed by atoms with van der Waals surface area (Å²) in [5.41, 5.74) is 1.02. The van der Waals surface area contributed by atoms with Gasteiger partial charge in [-0.1, -0.05) is 72.6 Å². The molecule has 6 nitrogen and oxygen atoms in total. The summed E-state index contributed by atoms with van der Waals surface area (Å²) in [5.74, 6) is 2.56. The number of carboxylic acid groups (broad SMARTS) is 1. The lowest BCUT2D eigenvalue weighted by molar-refractivity contribution is -0.152. The second-order valence-corrected chi connectivity index (χ2v) is 12.7. The van der Waals surface area contributed by atoms with Gasteiger partial charge in [0.2, 0.25) is 0 Å². The predicted molar refractivity (Wildman–Crippen MR) is 156 cm³/mol. The van der Waals surface area contributed by atoms with Crippen molar-refractivity contribution in [1.82, 2.24) is 0 Å². The fourth-order valence-electron chi connectivity index (χ4n) is 5.37. The smallest absolute Gasteiger partial charge is 0.306 e. The summed E-state index contributed by atoms with van der Waals surface area (Å²) in [6.07, 6.45) is 12.8. The largest absolute Gasteiger partial charge is 0.490 e. The monoisotopic (exact) mass is 546 g/mol. The van der Waals surface area contributed by atoms with E-state index < -0.39 is 18.0 Å². The van der Waals surface area contributed by atoms with Crippen LogP contribution in [0.15, 0.2) is 18.2 Å². The fraction of sp³-hybridized carbons (Fsp3) is 0.758. The lowest BCUT2D eigenvalue weighted by atomic mass is 9.86. The van der Waals surface area contributed by atoms with Crippen LogP contribution in [0.25, 0.3) is 0 Å². The minimum Gasteiger partial charge on any atom is -0.490 e. The fourth-order valence-corrected chi connectivity index (χ4v) is 5.37. The number of hydrogen-bond donors (Lipinski definition) is 1. The van der Waals surface area contributed by atoms with Gasteiger partial charge in [-0.05, 0) is 81.0 Å². The Morgan fingerprint density at radius 1 is 0.949 bits per heavy atom. The third-order valence-corrected chi connectivity index (χ3v) is 7.95. The normalized spacial score (nSPS) is 19.1. The number of carbonyl (C=O) groups excluding carboxylic acids is 1. The maximum atomic E-state index is 11.7. The lowest BCUT2D eigenvalue weighted by Crippen LogP contribution is -2.36. The summed E-state index contributed by atoms with van der Waals surface area (Å²) >= 11 is 0. The topological polar surface area (TPSA) is 82.1 Å². The zero-order valence-corrected chi connectivity index (χ0v) is 25.4. The van der Waals surface area contributed by atoms with E-state index in [4.69, 9.17) is 19.3 Å². The van der Waals surface area contributed by atoms with Crippen LogP contribution in [-0.2, 0) is 20.7 Å². The lowest BCUT2D eigenvalue weighted by Gasteiger charge is -2.36. The van der Waals surface area contributed by atoms with Gasteiger partial charge in [0.1, 0.15) is 29.8 Å². The van der Waals surface area contributed by atoms with Gasteiger partial charge in [0.25, 0.3) is 0 Å². The SMILES string of the molecule is CC(C)CCCC(C)CCCC(C)CCCC1(C)CCc2cc(OCC(C)OC(=O)CCC(=O)O)ccc2O1. The Balaban J connectivity index is 1.67. The Bertz CT molecular complexity index is 881. The highest BCUT2D eigenvalue weighted by atomic mass is 16.6. The quantitative estimate of drug-likeness (QED) is 0.175. The van der Waals surface area contributed by atoms with E-state index in [0.29, 0.717) is 0 Å². The number of ether oxygens (including phenoxy) is 3. The van der Waals surface area contributed by atoms with Crippen LogP contribution in [0.1, 0.15) is 124 Å². The highest BCUT2D eigenvalue weighted by molar-refractivity contribution is 5.76. The third kappa shape index (κ3) is 13.6. The minimum atomic E-state index is -1.01. The van der Waals surface area contributed by atoms with E-state index in [0.717, 1.165) is 54.1 Å². The molecular formula is C33H54O6. The molecule has 0 radical (unpaired) electrons. The maximum absolute atomic E-state index is 11.7. The van der Waals surface area contributed by atoms with Crippen molar-refractivity contribution in [3.63, 3.8) is 0 Å². The molecule has 0 spiro atoms. The molecule has 0 saturated carbocycles. The van der Waals surface area contributed by atoms with Crippen molar-refractivity contribution < 1.29 is 28.9 Å². The molecule has 1 aliphatic heterocycles. The van der Waals surface area contributed by atoms with E-state index in [1.165, 1.54) is 51.4 Å². The first-order valence-corrected chi connectivity index (χ1v) is 15.3. The molecule has 0 aliphatic carbocycles. The number of carboxylic acids is 1. The Hall–Kier alpha value is -2.24. The average molecular weight is 547 g/mol. The molecule has 1 heterocycles. The number of esters is 1. The Morgan fingerprint density at radius 2 is 1.59 bits per heavy atom. The second-order valence-electron chi connectivity index (χ2n) is 12.7. The molecule has 1 N–H and O–H groups in total. The molecule has 1 aliphatic rings. The van der Waals surface area contributed by atoms with Crippen molar-refractivity contribution in [2.75, 3.05) is 6.61 Å². The molecule has 1 aromatic rings. The van der Waals surface area contributed by atoms with Gasteiger partial charge in [-0.2, -0.15) is 0 Å². The van der Waals surface area contributed by atoms with Crippen molar-refractivity contribution in [3.8, 4) is 11.5 Å². The zero-order chi connectivity index (χ0) is 28.8. The van der Waals surface area contributed by atoms with Gasteiger partial charge in [-0.3, -0.25) is 9.59 Å². The van der Waals surface area contributed by atoms with Crippen LogP contribution in [0, 0.1) is 17.8 Å². The number of aryl methyl sites for hydroxylation is 1. The van der Waals surface area contributed by atoms with Crippen LogP contribution in [0.3, 0.4) is 0 Å². The van der Waals surface area contributed by atoms with E-state index in [1.807, 2.05) is 18.2 Å². The van der Waals surface area contributed by atoms with Crippen LogP contribution in [-0.4, -0.2) is 35.4 Å². The number of aliphatic carboxylic acids is 1. The number of rotatable bonds is 19. The highest BCUT2D eigenvalue weighted by Gasteiger charge is 2.31. The molecule has 2 rings (SSSR count). The molecule has 6 heteroatoms. The summed E-state index contributed by atoms with van der Waals surface area (Å²) in [6, 6.07) is 5.89. The molecule has 0 aromatic heterocycles. The van der Waals surface area contributed by atoms with Crippen LogP contribution in [0.2, 0.25) is 0 Å². The molecule has 39 heavy (non-hydrogen) atoms. The molecule has 4 atom stereocenters. The minimum absolute atomic E-state index is 0.126. The second kappa shape index (κ2) is 16.8. The molecule has 4 unspecified atom stereocenters. The van der Waals surface area contributed by atoms with Crippen LogP contribution in [0.4, 0.5) is 0 Å². The van der Waals surface area contributed by atoms with E-state index in [2.05, 4.69) is 34.6 Å². The summed E-state index contributed by atoms with van der Waals surface area (Å²) < 4.78 is 17.5. The van der Waals surface area contributed by atoms with E-state index in [-0.39, 0.29) is 25.0 Å². The zero-order valence-electron chi connectivity index (χ0n) is 25.4. The highest BCUT2D eigenvalue weighted by Crippen LogP contribution is 2.38. The predicted octanol–water partition coefficient (Wildman–Crippen LogP) is 8.38. The van der Waals surface area contributed by atoms with Gasteiger partial charge in [-0.25, -0.2) is 0 Å². The number of carbonyl (C=O) groups is 2. The van der Waals surface area contributed by atoms with E-state index in [1.54, 1.807) is 6.92 Å². The number of benzene rings is 1. The summed E-state index contributed by atoms with van der Waals surface area (Å²) in [5, 5.41) is 8.67. The summed E-state index contributed by atoms with van der Waals surface area (Å²) in [6.45, 7) is 13.7. The first kappa shape index (κ1) is 33.0. The number of fused-ring (bicyclic) bond motifs is 1. The molecule has 222 valence electrons. The van der Waals surface area contributed by atoms with Gasteiger partial charge in [0.15, 0.2) is 0 Å². The van der Waals surface area contributed by atoms with Crippen molar-refractivity contribution in [1.29, 1.82) is 0 Å². The maximum Gasteiger partial charge on any atom is 0.306 e. The van der Waals surface area contributed by atoms with Crippen LogP contribution < -0.4 is 9.47 Å². The molecule has 0 fully saturated rings. The average Bonchev–Trinajstić information content (AvgIpc) is 2.86. The van der Waals surface area contributed by atoms with Gasteiger partial charge in [-0.15, -0.1) is 0 Å². The first-order valence-electron chi connectivity index (χ1n) is 15.3. The molecule has 0 saturated heterocycles.